The van der Waals surface area contributed by atoms with Gasteiger partial charge in [0.25, 0.3) is 0 Å². The van der Waals surface area contributed by atoms with Gasteiger partial charge < -0.3 is 19.6 Å². The quantitative estimate of drug-likeness (QED) is 0.539. The summed E-state index contributed by atoms with van der Waals surface area (Å²) in [5, 5.41) is 7.27. The van der Waals surface area contributed by atoms with E-state index in [0.29, 0.717) is 0 Å². The number of aromatic nitrogens is 4. The standard InChI is InChI=1S/C27H32N10/c1-33-23(22-7-3-2-4-8-22)21-24(34-13-17-36(18-14-34)26-28-9-5-10-29-26)25(32-33)35-15-19-37(20-16-35)27-30-11-6-12-31-27/h2-12,21,23H,13-20H2,1H3. The van der Waals surface area contributed by atoms with Crippen LogP contribution < -0.4 is 9.80 Å². The van der Waals surface area contributed by atoms with Crippen LogP contribution in [0.15, 0.2) is 84.1 Å². The summed E-state index contributed by atoms with van der Waals surface area (Å²) in [6.45, 7) is 7.01. The molecule has 2 saturated heterocycles. The van der Waals surface area contributed by atoms with Crippen LogP contribution in [-0.2, 0) is 0 Å². The molecule has 37 heavy (non-hydrogen) atoms. The molecule has 0 aliphatic carbocycles. The Morgan fingerprint density at radius 2 is 1.08 bits per heavy atom. The van der Waals surface area contributed by atoms with Crippen molar-refractivity contribution in [2.75, 3.05) is 69.2 Å². The van der Waals surface area contributed by atoms with Gasteiger partial charge in [-0.2, -0.15) is 5.10 Å². The molecule has 0 amide bonds. The Balaban J connectivity index is 1.23. The van der Waals surface area contributed by atoms with E-state index in [0.717, 1.165) is 70.1 Å². The van der Waals surface area contributed by atoms with Crippen molar-refractivity contribution in [2.45, 2.75) is 6.04 Å². The fourth-order valence-corrected chi connectivity index (χ4v) is 5.20. The Labute approximate surface area is 217 Å². The minimum atomic E-state index is 0.0921. The molecule has 5 heterocycles. The van der Waals surface area contributed by atoms with Gasteiger partial charge in [-0.1, -0.05) is 30.3 Å². The van der Waals surface area contributed by atoms with Gasteiger partial charge in [0.2, 0.25) is 11.9 Å². The molecule has 3 aliphatic rings. The largest absolute Gasteiger partial charge is 0.365 e. The second kappa shape index (κ2) is 10.4. The monoisotopic (exact) mass is 496 g/mol. The number of likely N-dealkylation sites (N-methyl/N-ethyl adjacent to an activating group) is 1. The maximum atomic E-state index is 5.17. The summed E-state index contributed by atoms with van der Waals surface area (Å²) >= 11 is 0. The van der Waals surface area contributed by atoms with E-state index >= 15 is 0 Å². The molecule has 2 fully saturated rings. The number of benzene rings is 1. The highest BCUT2D eigenvalue weighted by atomic mass is 15.5. The summed E-state index contributed by atoms with van der Waals surface area (Å²) in [5.41, 5.74) is 2.46. The summed E-state index contributed by atoms with van der Waals surface area (Å²) < 4.78 is 0. The molecule has 2 aromatic heterocycles. The fourth-order valence-electron chi connectivity index (χ4n) is 5.20. The number of hydrogen-bond donors (Lipinski definition) is 0. The Morgan fingerprint density at radius 1 is 0.595 bits per heavy atom. The first-order valence-corrected chi connectivity index (χ1v) is 12.9. The van der Waals surface area contributed by atoms with Crippen molar-refractivity contribution in [3.8, 4) is 0 Å². The van der Waals surface area contributed by atoms with Gasteiger partial charge in [0.1, 0.15) is 0 Å². The Hall–Kier alpha value is -4.21. The van der Waals surface area contributed by atoms with E-state index < -0.39 is 0 Å². The summed E-state index contributed by atoms with van der Waals surface area (Å²) in [6, 6.07) is 14.4. The number of anilines is 2. The Kier molecular flexibility index (Phi) is 6.53. The van der Waals surface area contributed by atoms with Gasteiger partial charge in [0.05, 0.1) is 11.7 Å². The van der Waals surface area contributed by atoms with Crippen molar-refractivity contribution >= 4 is 17.7 Å². The van der Waals surface area contributed by atoms with Crippen LogP contribution in [0, 0.1) is 0 Å². The van der Waals surface area contributed by atoms with E-state index in [1.807, 2.05) is 24.5 Å². The number of nitrogens with zero attached hydrogens (tertiary/aromatic N) is 10. The Bertz CT molecular complexity index is 1220. The lowest BCUT2D eigenvalue weighted by atomic mass is 10.0. The molecule has 10 nitrogen and oxygen atoms in total. The summed E-state index contributed by atoms with van der Waals surface area (Å²) in [5.74, 6) is 2.64. The molecule has 3 aliphatic heterocycles. The van der Waals surface area contributed by atoms with Gasteiger partial charge in [-0.05, 0) is 23.8 Å². The van der Waals surface area contributed by atoms with Crippen molar-refractivity contribution in [1.82, 2.24) is 34.7 Å². The van der Waals surface area contributed by atoms with Gasteiger partial charge in [0, 0.05) is 84.2 Å². The first-order valence-electron chi connectivity index (χ1n) is 12.9. The van der Waals surface area contributed by atoms with Crippen molar-refractivity contribution in [3.05, 3.63) is 84.6 Å². The lowest BCUT2D eigenvalue weighted by Gasteiger charge is -2.44. The molecule has 1 unspecified atom stereocenters. The molecule has 0 bridgehead atoms. The fraction of sp³-hybridized carbons (Fsp3) is 0.370. The zero-order chi connectivity index (χ0) is 25.0. The highest BCUT2D eigenvalue weighted by molar-refractivity contribution is 5.98. The maximum absolute atomic E-state index is 5.17. The number of hydrazone groups is 1. The smallest absolute Gasteiger partial charge is 0.225 e. The molecular formula is C27H32N10. The summed E-state index contributed by atoms with van der Waals surface area (Å²) in [6.07, 6.45) is 9.62. The molecule has 6 rings (SSSR count). The topological polar surface area (TPSA) is 80.1 Å². The second-order valence-corrected chi connectivity index (χ2v) is 9.45. The zero-order valence-corrected chi connectivity index (χ0v) is 21.1. The first kappa shape index (κ1) is 23.2. The van der Waals surface area contributed by atoms with E-state index in [4.69, 9.17) is 5.10 Å². The molecule has 1 aromatic carbocycles. The van der Waals surface area contributed by atoms with Crippen molar-refractivity contribution in [2.24, 2.45) is 5.10 Å². The molecular weight excluding hydrogens is 464 g/mol. The van der Waals surface area contributed by atoms with E-state index in [2.05, 4.69) is 88.0 Å². The van der Waals surface area contributed by atoms with Gasteiger partial charge in [-0.25, -0.2) is 19.9 Å². The third-order valence-electron chi connectivity index (χ3n) is 7.21. The average molecular weight is 497 g/mol. The molecule has 0 spiro atoms. The van der Waals surface area contributed by atoms with Crippen LogP contribution in [0.25, 0.3) is 0 Å². The third kappa shape index (κ3) is 4.91. The van der Waals surface area contributed by atoms with Crippen LogP contribution in [0.5, 0.6) is 0 Å². The number of hydrogen-bond acceptors (Lipinski definition) is 10. The predicted molar refractivity (Wildman–Crippen MR) is 144 cm³/mol. The SMILES string of the molecule is CN1N=C(N2CCN(c3ncccn3)CC2)C(N2CCN(c3ncccn3)CC2)=CC1c1ccccc1. The van der Waals surface area contributed by atoms with E-state index in [9.17, 15) is 0 Å². The van der Waals surface area contributed by atoms with Gasteiger partial charge >= 0.3 is 0 Å². The normalized spacial score (nSPS) is 20.6. The van der Waals surface area contributed by atoms with Gasteiger partial charge in [0.15, 0.2) is 5.84 Å². The Morgan fingerprint density at radius 3 is 1.62 bits per heavy atom. The molecule has 0 N–H and O–H groups in total. The highest BCUT2D eigenvalue weighted by Crippen LogP contribution is 2.30. The average Bonchev–Trinajstić information content (AvgIpc) is 2.99. The van der Waals surface area contributed by atoms with E-state index in [1.54, 1.807) is 12.4 Å². The van der Waals surface area contributed by atoms with Crippen LogP contribution in [0.3, 0.4) is 0 Å². The van der Waals surface area contributed by atoms with E-state index in [-0.39, 0.29) is 6.04 Å². The van der Waals surface area contributed by atoms with Crippen molar-refractivity contribution < 1.29 is 0 Å². The molecule has 3 aromatic rings. The van der Waals surface area contributed by atoms with Crippen LogP contribution >= 0.6 is 0 Å². The van der Waals surface area contributed by atoms with Crippen LogP contribution in [0.1, 0.15) is 11.6 Å². The number of amidine groups is 1. The number of piperazine rings is 2. The van der Waals surface area contributed by atoms with Crippen LogP contribution in [-0.4, -0.2) is 100.0 Å². The van der Waals surface area contributed by atoms with E-state index in [1.165, 1.54) is 11.3 Å². The summed E-state index contributed by atoms with van der Waals surface area (Å²) in [7, 11) is 2.07. The highest BCUT2D eigenvalue weighted by Gasteiger charge is 2.33. The number of rotatable bonds is 4. The second-order valence-electron chi connectivity index (χ2n) is 9.45. The predicted octanol–water partition coefficient (Wildman–Crippen LogP) is 2.09. The minimum Gasteiger partial charge on any atom is -0.365 e. The molecule has 190 valence electrons. The molecule has 10 heteroatoms. The van der Waals surface area contributed by atoms with Crippen LogP contribution in [0.2, 0.25) is 0 Å². The lowest BCUT2D eigenvalue weighted by molar-refractivity contribution is 0.254. The lowest BCUT2D eigenvalue weighted by Crippen LogP contribution is -2.54. The van der Waals surface area contributed by atoms with Gasteiger partial charge in [-0.3, -0.25) is 5.01 Å². The first-order chi connectivity index (χ1) is 18.3. The van der Waals surface area contributed by atoms with Gasteiger partial charge in [-0.15, -0.1) is 0 Å². The molecule has 0 radical (unpaired) electrons. The maximum Gasteiger partial charge on any atom is 0.225 e. The minimum absolute atomic E-state index is 0.0921. The molecule has 1 atom stereocenters. The summed E-state index contributed by atoms with van der Waals surface area (Å²) in [4.78, 5) is 27.2. The molecule has 0 saturated carbocycles. The van der Waals surface area contributed by atoms with Crippen LogP contribution in [0.4, 0.5) is 11.9 Å². The van der Waals surface area contributed by atoms with Crippen molar-refractivity contribution in [1.29, 1.82) is 0 Å². The third-order valence-corrected chi connectivity index (χ3v) is 7.21. The zero-order valence-electron chi connectivity index (χ0n) is 21.1. The van der Waals surface area contributed by atoms with Crippen molar-refractivity contribution in [3.63, 3.8) is 0 Å².